The van der Waals surface area contributed by atoms with E-state index in [0.717, 1.165) is 30.9 Å². The van der Waals surface area contributed by atoms with Gasteiger partial charge in [-0.3, -0.25) is 0 Å². The van der Waals surface area contributed by atoms with Crippen LogP contribution in [0.1, 0.15) is 18.2 Å². The van der Waals surface area contributed by atoms with Crippen molar-refractivity contribution in [1.82, 2.24) is 9.97 Å². The van der Waals surface area contributed by atoms with Crippen molar-refractivity contribution < 1.29 is 0 Å². The van der Waals surface area contributed by atoms with E-state index in [1.165, 1.54) is 10.8 Å². The highest BCUT2D eigenvalue weighted by Gasteiger charge is 2.15. The molecule has 3 nitrogen and oxygen atoms in total. The van der Waals surface area contributed by atoms with Crippen LogP contribution in [0.3, 0.4) is 0 Å². The molecule has 0 aliphatic heterocycles. The minimum Gasteiger partial charge on any atom is -0.368 e. The summed E-state index contributed by atoms with van der Waals surface area (Å²) in [4.78, 5) is 8.39. The van der Waals surface area contributed by atoms with Crippen molar-refractivity contribution in [2.75, 3.05) is 11.9 Å². The van der Waals surface area contributed by atoms with Gasteiger partial charge in [0.2, 0.25) is 0 Å². The molecule has 1 N–H and O–H groups in total. The normalized spacial score (nSPS) is 11.5. The Hall–Kier alpha value is -1.39. The third-order valence-electron chi connectivity index (χ3n) is 3.72. The van der Waals surface area contributed by atoms with Gasteiger partial charge in [0, 0.05) is 6.54 Å². The first kappa shape index (κ1) is 17.0. The lowest BCUT2D eigenvalue weighted by Gasteiger charge is -2.16. The molecule has 118 valence electrons. The zero-order valence-corrected chi connectivity index (χ0v) is 15.5. The fraction of sp³-hybridized carbons (Fsp3) is 0.412. The maximum absolute atomic E-state index is 6.28. The summed E-state index contributed by atoms with van der Waals surface area (Å²) in [5.74, 6) is 0.729. The highest BCUT2D eigenvalue weighted by Crippen LogP contribution is 2.21. The lowest BCUT2D eigenvalue weighted by Crippen LogP contribution is -2.37. The Kier molecular flexibility index (Phi) is 5.59. The van der Waals surface area contributed by atoms with Crippen LogP contribution >= 0.6 is 11.6 Å². The van der Waals surface area contributed by atoms with Gasteiger partial charge >= 0.3 is 0 Å². The van der Waals surface area contributed by atoms with Crippen LogP contribution in [0.4, 0.5) is 5.82 Å². The van der Waals surface area contributed by atoms with E-state index in [9.17, 15) is 0 Å². The molecule has 0 atom stereocenters. The summed E-state index contributed by atoms with van der Waals surface area (Å²) in [6, 6.07) is 9.01. The molecular formula is C17H24ClN3Si. The molecule has 0 unspecified atom stereocenters. The van der Waals surface area contributed by atoms with Crippen LogP contribution in [0, 0.1) is 0 Å². The van der Waals surface area contributed by atoms with Crippen molar-refractivity contribution in [2.24, 2.45) is 0 Å². The van der Waals surface area contributed by atoms with Crippen LogP contribution in [0.15, 0.2) is 30.6 Å². The molecule has 0 saturated carbocycles. The van der Waals surface area contributed by atoms with Crippen molar-refractivity contribution in [3.05, 3.63) is 46.9 Å². The Morgan fingerprint density at radius 2 is 1.77 bits per heavy atom. The highest BCUT2D eigenvalue weighted by molar-refractivity contribution is 6.88. The predicted molar refractivity (Wildman–Crippen MR) is 98.0 cm³/mol. The second kappa shape index (κ2) is 7.25. The second-order valence-electron chi connectivity index (χ2n) is 6.46. The maximum Gasteiger partial charge on any atom is 0.148 e. The zero-order valence-electron chi connectivity index (χ0n) is 13.8. The highest BCUT2D eigenvalue weighted by atomic mass is 35.5. The number of halogens is 1. The maximum atomic E-state index is 6.28. The van der Waals surface area contributed by atoms with Crippen molar-refractivity contribution in [2.45, 2.75) is 39.4 Å². The zero-order chi connectivity index (χ0) is 16.2. The Morgan fingerprint density at radius 1 is 1.09 bits per heavy atom. The lowest BCUT2D eigenvalue weighted by molar-refractivity contribution is 0.968. The van der Waals surface area contributed by atoms with E-state index in [-0.39, 0.29) is 0 Å². The summed E-state index contributed by atoms with van der Waals surface area (Å²) in [6.45, 7) is 9.95. The predicted octanol–water partition coefficient (Wildman–Crippen LogP) is 3.89. The number of aromatic nitrogens is 2. The summed E-state index contributed by atoms with van der Waals surface area (Å²) < 4.78 is 0. The number of benzene rings is 1. The average Bonchev–Trinajstić information content (AvgIpc) is 2.48. The van der Waals surface area contributed by atoms with E-state index in [4.69, 9.17) is 11.6 Å². The number of nitrogens with one attached hydrogen (secondary N) is 1. The number of rotatable bonds is 6. The fourth-order valence-electron chi connectivity index (χ4n) is 2.27. The van der Waals surface area contributed by atoms with Crippen molar-refractivity contribution in [3.63, 3.8) is 0 Å². The molecule has 1 heterocycles. The molecule has 2 rings (SSSR count). The Morgan fingerprint density at radius 3 is 2.36 bits per heavy atom. The SMILES string of the molecule is CCc1ncnc(NCCc2ccc([Si](C)(C)C)cc2)c1Cl. The smallest absolute Gasteiger partial charge is 0.148 e. The topological polar surface area (TPSA) is 37.8 Å². The molecule has 0 spiro atoms. The summed E-state index contributed by atoms with van der Waals surface area (Å²) in [7, 11) is -1.21. The molecular weight excluding hydrogens is 310 g/mol. The van der Waals surface area contributed by atoms with Gasteiger partial charge in [0.05, 0.1) is 13.8 Å². The molecule has 0 aliphatic carbocycles. The van der Waals surface area contributed by atoms with Gasteiger partial charge in [-0.15, -0.1) is 0 Å². The first-order valence-corrected chi connectivity index (χ1v) is 11.6. The summed E-state index contributed by atoms with van der Waals surface area (Å²) in [5.41, 5.74) is 2.22. The number of hydrogen-bond donors (Lipinski definition) is 1. The molecule has 0 aliphatic rings. The van der Waals surface area contributed by atoms with Crippen molar-refractivity contribution in [1.29, 1.82) is 0 Å². The monoisotopic (exact) mass is 333 g/mol. The van der Waals surface area contributed by atoms with Gasteiger partial charge < -0.3 is 5.32 Å². The Bertz CT molecular complexity index is 621. The van der Waals surface area contributed by atoms with E-state index in [0.29, 0.717) is 5.02 Å². The Balaban J connectivity index is 1.94. The van der Waals surface area contributed by atoms with Crippen LogP contribution in [-0.2, 0) is 12.8 Å². The summed E-state index contributed by atoms with van der Waals surface area (Å²) in [6.07, 6.45) is 3.33. The van der Waals surface area contributed by atoms with Crippen LogP contribution < -0.4 is 10.5 Å². The average molecular weight is 334 g/mol. The molecule has 0 amide bonds. The molecule has 5 heteroatoms. The van der Waals surface area contributed by atoms with Gasteiger partial charge in [0.25, 0.3) is 0 Å². The van der Waals surface area contributed by atoms with Gasteiger partial charge in [-0.25, -0.2) is 9.97 Å². The molecule has 0 saturated heterocycles. The third kappa shape index (κ3) is 4.30. The van der Waals surface area contributed by atoms with Gasteiger partial charge in [0.15, 0.2) is 0 Å². The van der Waals surface area contributed by atoms with E-state index in [1.807, 2.05) is 6.92 Å². The minimum absolute atomic E-state index is 0.638. The molecule has 0 bridgehead atoms. The number of aryl methyl sites for hydroxylation is 1. The van der Waals surface area contributed by atoms with Crippen LogP contribution in [0.5, 0.6) is 0 Å². The minimum atomic E-state index is -1.21. The fourth-order valence-corrected chi connectivity index (χ4v) is 3.74. The Labute approximate surface area is 139 Å². The molecule has 2 aromatic rings. The third-order valence-corrected chi connectivity index (χ3v) is 6.19. The van der Waals surface area contributed by atoms with E-state index < -0.39 is 8.07 Å². The number of anilines is 1. The summed E-state index contributed by atoms with van der Waals surface area (Å²) >= 11 is 6.28. The van der Waals surface area contributed by atoms with Gasteiger partial charge in [0.1, 0.15) is 17.2 Å². The first-order chi connectivity index (χ1) is 10.4. The number of hydrogen-bond acceptors (Lipinski definition) is 3. The molecule has 1 aromatic heterocycles. The molecule has 1 aromatic carbocycles. The van der Waals surface area contributed by atoms with Crippen LogP contribution in [0.25, 0.3) is 0 Å². The molecule has 22 heavy (non-hydrogen) atoms. The van der Waals surface area contributed by atoms with E-state index >= 15 is 0 Å². The largest absolute Gasteiger partial charge is 0.368 e. The molecule has 0 radical (unpaired) electrons. The standard InChI is InChI=1S/C17H24ClN3Si/c1-5-15-16(18)17(21-12-20-15)19-11-10-13-6-8-14(9-7-13)22(2,3)4/h6-9,12H,5,10-11H2,1-4H3,(H,19,20,21). The number of nitrogens with zero attached hydrogens (tertiary/aromatic N) is 2. The van der Waals surface area contributed by atoms with Crippen LogP contribution in [0.2, 0.25) is 24.7 Å². The molecule has 0 fully saturated rings. The van der Waals surface area contributed by atoms with Gasteiger partial charge in [-0.1, -0.05) is 67.6 Å². The van der Waals surface area contributed by atoms with E-state index in [2.05, 4.69) is 59.2 Å². The van der Waals surface area contributed by atoms with E-state index in [1.54, 1.807) is 6.33 Å². The van der Waals surface area contributed by atoms with Crippen LogP contribution in [-0.4, -0.2) is 24.6 Å². The van der Waals surface area contributed by atoms with Gasteiger partial charge in [-0.05, 0) is 18.4 Å². The van der Waals surface area contributed by atoms with Crippen molar-refractivity contribution >= 4 is 30.7 Å². The van der Waals surface area contributed by atoms with Gasteiger partial charge in [-0.2, -0.15) is 0 Å². The second-order valence-corrected chi connectivity index (χ2v) is 11.9. The first-order valence-electron chi connectivity index (χ1n) is 7.74. The summed E-state index contributed by atoms with van der Waals surface area (Å²) in [5, 5.41) is 5.44. The van der Waals surface area contributed by atoms with Crippen molar-refractivity contribution in [3.8, 4) is 0 Å². The lowest BCUT2D eigenvalue weighted by atomic mass is 10.1. The quantitative estimate of drug-likeness (QED) is 0.815.